The molecule has 1 amide bonds. The molecule has 232 valence electrons. The first-order valence-electron chi connectivity index (χ1n) is 15.3. The minimum Gasteiger partial charge on any atom is -0.493 e. The van der Waals surface area contributed by atoms with Crippen LogP contribution in [0.15, 0.2) is 95.9 Å². The number of fused-ring (bicyclic) bond motifs is 2. The highest BCUT2D eigenvalue weighted by Gasteiger charge is 2.29. The zero-order valence-corrected chi connectivity index (χ0v) is 27.0. The van der Waals surface area contributed by atoms with Crippen LogP contribution in [0.3, 0.4) is 0 Å². The van der Waals surface area contributed by atoms with Crippen molar-refractivity contribution in [2.24, 2.45) is 0 Å². The summed E-state index contributed by atoms with van der Waals surface area (Å²) in [6.45, 7) is 12.4. The number of amides is 1. The first-order valence-corrected chi connectivity index (χ1v) is 16.8. The first-order chi connectivity index (χ1) is 20.9. The fourth-order valence-electron chi connectivity index (χ4n) is 6.01. The topological polar surface area (TPSA) is 87.7 Å². The zero-order valence-electron chi connectivity index (χ0n) is 26.2. The number of nitrogens with zero attached hydrogens (tertiary/aromatic N) is 1. The van der Waals surface area contributed by atoms with Crippen LogP contribution in [0.25, 0.3) is 10.8 Å². The molecular weight excluding hydrogens is 570 g/mol. The van der Waals surface area contributed by atoms with Gasteiger partial charge in [0, 0.05) is 36.5 Å². The molecule has 2 N–H and O–H groups in total. The summed E-state index contributed by atoms with van der Waals surface area (Å²) < 4.78 is 35.9. The van der Waals surface area contributed by atoms with E-state index in [-0.39, 0.29) is 28.8 Å². The van der Waals surface area contributed by atoms with Crippen LogP contribution < -0.4 is 14.8 Å². The lowest BCUT2D eigenvalue weighted by molar-refractivity contribution is -0.122. The molecule has 7 nitrogen and oxygen atoms in total. The second kappa shape index (κ2) is 13.1. The van der Waals surface area contributed by atoms with E-state index in [9.17, 15) is 13.2 Å². The van der Waals surface area contributed by atoms with E-state index in [1.807, 2.05) is 60.7 Å². The summed E-state index contributed by atoms with van der Waals surface area (Å²) in [6.07, 6.45) is 0.591. The van der Waals surface area contributed by atoms with Gasteiger partial charge in [0.2, 0.25) is 15.9 Å². The van der Waals surface area contributed by atoms with Gasteiger partial charge in [-0.15, -0.1) is 0 Å². The average molecular weight is 614 g/mol. The Morgan fingerprint density at radius 3 is 2.34 bits per heavy atom. The van der Waals surface area contributed by atoms with Gasteiger partial charge in [0.25, 0.3) is 0 Å². The maximum absolute atomic E-state index is 13.5. The lowest BCUT2D eigenvalue weighted by atomic mass is 9.96. The number of carbonyl (C=O) groups excluding carboxylic acids is 1. The number of carbonyl (C=O) groups is 1. The predicted octanol–water partition coefficient (Wildman–Crippen LogP) is 6.90. The van der Waals surface area contributed by atoms with Gasteiger partial charge in [0.05, 0.1) is 23.6 Å². The van der Waals surface area contributed by atoms with E-state index in [4.69, 9.17) is 4.74 Å². The Hall–Kier alpha value is -3.72. The molecule has 0 aliphatic carbocycles. The average Bonchev–Trinajstić information content (AvgIpc) is 2.99. The Bertz CT molecular complexity index is 1710. The number of hydrogen-bond donors (Lipinski definition) is 2. The molecule has 1 heterocycles. The molecule has 0 saturated carbocycles. The van der Waals surface area contributed by atoms with Crippen molar-refractivity contribution in [1.29, 1.82) is 0 Å². The molecule has 0 radical (unpaired) electrons. The third-order valence-electron chi connectivity index (χ3n) is 8.21. The van der Waals surface area contributed by atoms with Crippen molar-refractivity contribution in [1.82, 2.24) is 14.9 Å². The van der Waals surface area contributed by atoms with E-state index in [0.717, 1.165) is 39.8 Å². The lowest BCUT2D eigenvalue weighted by Gasteiger charge is -2.39. The van der Waals surface area contributed by atoms with Crippen LogP contribution in [0.2, 0.25) is 0 Å². The van der Waals surface area contributed by atoms with Crippen molar-refractivity contribution in [3.05, 3.63) is 108 Å². The summed E-state index contributed by atoms with van der Waals surface area (Å²) in [6, 6.07) is 27.6. The molecule has 0 fully saturated rings. The molecule has 1 aliphatic rings. The lowest BCUT2D eigenvalue weighted by Crippen LogP contribution is -2.45. The van der Waals surface area contributed by atoms with Crippen molar-refractivity contribution in [2.45, 2.75) is 82.6 Å². The van der Waals surface area contributed by atoms with Gasteiger partial charge in [-0.1, -0.05) is 72.8 Å². The fraction of sp³-hybridized carbons (Fsp3) is 0.361. The summed E-state index contributed by atoms with van der Waals surface area (Å²) in [4.78, 5) is 16.1. The van der Waals surface area contributed by atoms with Gasteiger partial charge in [-0.25, -0.2) is 13.1 Å². The molecule has 1 aliphatic heterocycles. The maximum atomic E-state index is 13.5. The van der Waals surface area contributed by atoms with Crippen molar-refractivity contribution >= 4 is 26.7 Å². The van der Waals surface area contributed by atoms with E-state index < -0.39 is 16.1 Å². The van der Waals surface area contributed by atoms with Crippen LogP contribution in [-0.4, -0.2) is 37.4 Å². The monoisotopic (exact) mass is 613 g/mol. The van der Waals surface area contributed by atoms with Crippen LogP contribution in [0.5, 0.6) is 5.75 Å². The standard InChI is InChI=1S/C36H43N3O4S/c1-25(2)39(36(3,4)5)24-26-15-18-31-32(19-20-43-34(31)21-26)37-35(40)23-33(28-12-7-6-8-13-28)38-44(41,42)30-17-16-27-11-9-10-14-29(27)22-30/h6-18,21-22,25,32-33,38H,19-20,23-24H2,1-5H3,(H,37,40). The molecule has 2 unspecified atom stereocenters. The second-order valence-electron chi connectivity index (χ2n) is 12.8. The fourth-order valence-corrected chi connectivity index (χ4v) is 7.27. The van der Waals surface area contributed by atoms with Gasteiger partial charge in [0.1, 0.15) is 5.75 Å². The number of rotatable bonds is 10. The van der Waals surface area contributed by atoms with Crippen molar-refractivity contribution < 1.29 is 17.9 Å². The Labute approximate surface area is 261 Å². The molecule has 0 aromatic heterocycles. The molecule has 5 rings (SSSR count). The van der Waals surface area contributed by atoms with Crippen LogP contribution in [0, 0.1) is 0 Å². The van der Waals surface area contributed by atoms with Crippen molar-refractivity contribution in [2.75, 3.05) is 6.61 Å². The van der Waals surface area contributed by atoms with Crippen molar-refractivity contribution in [3.63, 3.8) is 0 Å². The zero-order chi connectivity index (χ0) is 31.5. The molecular formula is C36H43N3O4S. The van der Waals surface area contributed by atoms with E-state index in [1.54, 1.807) is 18.2 Å². The number of benzene rings is 4. The summed E-state index contributed by atoms with van der Waals surface area (Å²) >= 11 is 0. The third-order valence-corrected chi connectivity index (χ3v) is 9.68. The molecule has 8 heteroatoms. The minimum absolute atomic E-state index is 0.0204. The number of ether oxygens (including phenoxy) is 1. The van der Waals surface area contributed by atoms with Crippen LogP contribution in [0.1, 0.15) is 76.2 Å². The molecule has 0 spiro atoms. The molecule has 0 saturated heterocycles. The van der Waals surface area contributed by atoms with E-state index in [2.05, 4.69) is 61.7 Å². The quantitative estimate of drug-likeness (QED) is 0.203. The molecule has 4 aromatic rings. The van der Waals surface area contributed by atoms with Crippen LogP contribution in [-0.2, 0) is 21.4 Å². The van der Waals surface area contributed by atoms with Crippen LogP contribution in [0.4, 0.5) is 0 Å². The highest BCUT2D eigenvalue weighted by molar-refractivity contribution is 7.89. The predicted molar refractivity (Wildman–Crippen MR) is 176 cm³/mol. The molecule has 44 heavy (non-hydrogen) atoms. The maximum Gasteiger partial charge on any atom is 0.241 e. The first kappa shape index (κ1) is 31.7. The normalized spacial score (nSPS) is 16.0. The van der Waals surface area contributed by atoms with E-state index >= 15 is 0 Å². The minimum atomic E-state index is -3.91. The van der Waals surface area contributed by atoms with Gasteiger partial charge in [-0.3, -0.25) is 9.69 Å². The Kier molecular flexibility index (Phi) is 9.44. The second-order valence-corrected chi connectivity index (χ2v) is 14.5. The summed E-state index contributed by atoms with van der Waals surface area (Å²) in [7, 11) is -3.91. The highest BCUT2D eigenvalue weighted by Crippen LogP contribution is 2.34. The van der Waals surface area contributed by atoms with E-state index in [0.29, 0.717) is 19.1 Å². The molecule has 0 bridgehead atoms. The van der Waals surface area contributed by atoms with Gasteiger partial charge >= 0.3 is 0 Å². The SMILES string of the molecule is CC(C)N(Cc1ccc2c(c1)OCCC2NC(=O)CC(NS(=O)(=O)c1ccc2ccccc2c1)c1ccccc1)C(C)(C)C. The molecule has 4 aromatic carbocycles. The highest BCUT2D eigenvalue weighted by atomic mass is 32.2. The largest absolute Gasteiger partial charge is 0.493 e. The Morgan fingerprint density at radius 1 is 0.932 bits per heavy atom. The van der Waals surface area contributed by atoms with Crippen molar-refractivity contribution in [3.8, 4) is 5.75 Å². The summed E-state index contributed by atoms with van der Waals surface area (Å²) in [5.41, 5.74) is 2.84. The smallest absolute Gasteiger partial charge is 0.241 e. The van der Waals surface area contributed by atoms with E-state index in [1.165, 1.54) is 0 Å². The number of nitrogens with one attached hydrogen (secondary N) is 2. The summed E-state index contributed by atoms with van der Waals surface area (Å²) in [5, 5.41) is 4.96. The van der Waals surface area contributed by atoms with Gasteiger partial charge < -0.3 is 10.1 Å². The number of hydrogen-bond acceptors (Lipinski definition) is 5. The molecule has 2 atom stereocenters. The Balaban J connectivity index is 1.32. The Morgan fingerprint density at radius 2 is 1.64 bits per heavy atom. The number of sulfonamides is 1. The van der Waals surface area contributed by atoms with Crippen LogP contribution >= 0.6 is 0 Å². The van der Waals surface area contributed by atoms with Gasteiger partial charge in [-0.2, -0.15) is 0 Å². The van der Waals surface area contributed by atoms with Gasteiger partial charge in [0.15, 0.2) is 0 Å². The third kappa shape index (κ3) is 7.49. The summed E-state index contributed by atoms with van der Waals surface area (Å²) in [5.74, 6) is 0.550. The van der Waals surface area contributed by atoms with Gasteiger partial charge in [-0.05, 0) is 74.7 Å².